The number of rotatable bonds is 23. The molecule has 1 aliphatic heterocycles. The van der Waals surface area contributed by atoms with E-state index >= 15 is 0 Å². The Hall–Kier alpha value is -1.31. The molecule has 35 heavy (non-hydrogen) atoms. The van der Waals surface area contributed by atoms with Gasteiger partial charge in [-0.15, -0.1) is 0 Å². The van der Waals surface area contributed by atoms with Crippen LogP contribution in [0.25, 0.3) is 0 Å². The first kappa shape index (κ1) is 29.9. The zero-order chi connectivity index (χ0) is 24.8. The summed E-state index contributed by atoms with van der Waals surface area (Å²) in [4.78, 5) is 2.69. The van der Waals surface area contributed by atoms with E-state index in [4.69, 9.17) is 0 Å². The highest BCUT2D eigenvalue weighted by molar-refractivity contribution is 5.95. The molecule has 0 saturated heterocycles. The Balaban J connectivity index is 1.66. The third-order valence-electron chi connectivity index (χ3n) is 7.83. The zero-order valence-electron chi connectivity index (χ0n) is 23.8. The number of amidine groups is 1. The molecule has 0 fully saturated rings. The molecule has 2 rings (SSSR count). The van der Waals surface area contributed by atoms with Crippen molar-refractivity contribution in [1.82, 2.24) is 4.90 Å². The van der Waals surface area contributed by atoms with Crippen molar-refractivity contribution in [2.45, 2.75) is 142 Å². The lowest BCUT2D eigenvalue weighted by atomic mass is 10.1. The van der Waals surface area contributed by atoms with Crippen molar-refractivity contribution in [2.75, 3.05) is 26.2 Å². The van der Waals surface area contributed by atoms with Gasteiger partial charge in [0.2, 0.25) is 0 Å². The van der Waals surface area contributed by atoms with Crippen LogP contribution in [0.4, 0.5) is 0 Å². The summed E-state index contributed by atoms with van der Waals surface area (Å²) in [6.07, 6.45) is 28.3. The maximum atomic E-state index is 2.69. The molecule has 0 aromatic heterocycles. The normalized spacial score (nSPS) is 13.8. The molecular weight excluding hydrogens is 424 g/mol. The minimum atomic E-state index is 1.21. The van der Waals surface area contributed by atoms with Gasteiger partial charge in [0.05, 0.1) is 18.7 Å². The summed E-state index contributed by atoms with van der Waals surface area (Å²) in [5, 5.41) is 0. The van der Waals surface area contributed by atoms with Crippen molar-refractivity contribution in [3.63, 3.8) is 0 Å². The minimum absolute atomic E-state index is 1.21. The van der Waals surface area contributed by atoms with Crippen LogP contribution in [0, 0.1) is 0 Å². The van der Waals surface area contributed by atoms with E-state index in [0.717, 1.165) is 0 Å². The van der Waals surface area contributed by atoms with Crippen LogP contribution in [-0.4, -0.2) is 41.5 Å². The SMILES string of the molecule is CCCCCCCCCCCCN1CC[N+](CCCCCCCCCCCC)=C1c1ccccc1. The Labute approximate surface area is 219 Å². The molecule has 1 heterocycles. The first-order valence-electron chi connectivity index (χ1n) is 15.8. The lowest BCUT2D eigenvalue weighted by Crippen LogP contribution is -2.31. The van der Waals surface area contributed by atoms with Gasteiger partial charge in [0.25, 0.3) is 5.84 Å². The number of unbranched alkanes of at least 4 members (excludes halogenated alkanes) is 18. The molecule has 1 aromatic rings. The Kier molecular flexibility index (Phi) is 17.8. The predicted octanol–water partition coefficient (Wildman–Crippen LogP) is 9.60. The maximum absolute atomic E-state index is 2.69. The van der Waals surface area contributed by atoms with Crippen molar-refractivity contribution in [3.05, 3.63) is 35.9 Å². The predicted molar refractivity (Wildman–Crippen MR) is 156 cm³/mol. The van der Waals surface area contributed by atoms with E-state index in [1.54, 1.807) is 0 Å². The third-order valence-corrected chi connectivity index (χ3v) is 7.83. The Bertz CT molecular complexity index is 636. The summed E-state index contributed by atoms with van der Waals surface area (Å²) >= 11 is 0. The molecule has 200 valence electrons. The number of hydrogen-bond donors (Lipinski definition) is 0. The van der Waals surface area contributed by atoms with Gasteiger partial charge >= 0.3 is 0 Å². The van der Waals surface area contributed by atoms with Crippen LogP contribution in [-0.2, 0) is 0 Å². The van der Waals surface area contributed by atoms with Crippen molar-refractivity contribution >= 4 is 5.84 Å². The second kappa shape index (κ2) is 20.8. The molecule has 0 spiro atoms. The fraction of sp³-hybridized carbons (Fsp3) is 0.788. The zero-order valence-corrected chi connectivity index (χ0v) is 23.8. The summed E-state index contributed by atoms with van der Waals surface area (Å²) in [7, 11) is 0. The highest BCUT2D eigenvalue weighted by Crippen LogP contribution is 2.16. The topological polar surface area (TPSA) is 6.25 Å². The number of nitrogens with zero attached hydrogens (tertiary/aromatic N) is 2. The number of benzene rings is 1. The van der Waals surface area contributed by atoms with Gasteiger partial charge in [-0.05, 0) is 37.8 Å². The van der Waals surface area contributed by atoms with Gasteiger partial charge in [0.1, 0.15) is 13.1 Å². The molecule has 0 atom stereocenters. The molecule has 1 aliphatic rings. The molecule has 0 radical (unpaired) electrons. The molecule has 0 amide bonds. The Morgan fingerprint density at radius 3 is 1.54 bits per heavy atom. The average Bonchev–Trinajstić information content (AvgIpc) is 3.29. The fourth-order valence-corrected chi connectivity index (χ4v) is 5.62. The van der Waals surface area contributed by atoms with Crippen LogP contribution < -0.4 is 0 Å². The fourth-order valence-electron chi connectivity index (χ4n) is 5.62. The van der Waals surface area contributed by atoms with Crippen LogP contribution in [0.1, 0.15) is 148 Å². The van der Waals surface area contributed by atoms with Gasteiger partial charge in [0.15, 0.2) is 0 Å². The van der Waals surface area contributed by atoms with E-state index in [1.807, 2.05) is 0 Å². The Morgan fingerprint density at radius 2 is 1.03 bits per heavy atom. The molecule has 0 aliphatic carbocycles. The monoisotopic (exact) mass is 483 g/mol. The van der Waals surface area contributed by atoms with Crippen LogP contribution in [0.3, 0.4) is 0 Å². The molecule has 2 heteroatoms. The first-order valence-corrected chi connectivity index (χ1v) is 15.8. The molecule has 0 unspecified atom stereocenters. The van der Waals surface area contributed by atoms with E-state index in [-0.39, 0.29) is 0 Å². The van der Waals surface area contributed by atoms with E-state index in [2.05, 4.69) is 53.7 Å². The molecule has 0 bridgehead atoms. The minimum Gasteiger partial charge on any atom is -0.257 e. The third kappa shape index (κ3) is 13.5. The average molecular weight is 484 g/mol. The van der Waals surface area contributed by atoms with E-state index in [9.17, 15) is 0 Å². The summed E-state index contributed by atoms with van der Waals surface area (Å²) in [6.45, 7) is 9.49. The molecule has 1 aromatic carbocycles. The summed E-state index contributed by atoms with van der Waals surface area (Å²) in [5.74, 6) is 1.51. The van der Waals surface area contributed by atoms with Gasteiger partial charge in [-0.25, -0.2) is 0 Å². The smallest absolute Gasteiger partial charge is 0.257 e. The second-order valence-corrected chi connectivity index (χ2v) is 11.0. The molecular formula is C33H59N2+. The second-order valence-electron chi connectivity index (χ2n) is 11.0. The van der Waals surface area contributed by atoms with Crippen LogP contribution >= 0.6 is 0 Å². The first-order chi connectivity index (χ1) is 17.4. The highest BCUT2D eigenvalue weighted by atomic mass is 15.3. The highest BCUT2D eigenvalue weighted by Gasteiger charge is 2.30. The van der Waals surface area contributed by atoms with E-state index in [0.29, 0.717) is 0 Å². The van der Waals surface area contributed by atoms with Crippen LogP contribution in [0.2, 0.25) is 0 Å². The summed E-state index contributed by atoms with van der Waals surface area (Å²) in [5.41, 5.74) is 1.42. The van der Waals surface area contributed by atoms with Crippen molar-refractivity contribution < 1.29 is 4.58 Å². The molecule has 2 nitrogen and oxygen atoms in total. The summed E-state index contributed by atoms with van der Waals surface area (Å²) in [6, 6.07) is 11.2. The van der Waals surface area contributed by atoms with E-state index < -0.39 is 0 Å². The number of hydrogen-bond acceptors (Lipinski definition) is 1. The van der Waals surface area contributed by atoms with Gasteiger partial charge < -0.3 is 0 Å². The van der Waals surface area contributed by atoms with Gasteiger partial charge in [-0.1, -0.05) is 135 Å². The quantitative estimate of drug-likeness (QED) is 0.111. The van der Waals surface area contributed by atoms with Gasteiger partial charge in [-0.2, -0.15) is 0 Å². The van der Waals surface area contributed by atoms with Gasteiger partial charge in [0, 0.05) is 0 Å². The van der Waals surface area contributed by atoms with Gasteiger partial charge in [-0.3, -0.25) is 9.48 Å². The summed E-state index contributed by atoms with van der Waals surface area (Å²) < 4.78 is 2.69. The largest absolute Gasteiger partial charge is 0.279 e. The van der Waals surface area contributed by atoms with Crippen molar-refractivity contribution in [1.29, 1.82) is 0 Å². The molecule has 0 N–H and O–H groups in total. The van der Waals surface area contributed by atoms with Crippen LogP contribution in [0.5, 0.6) is 0 Å². The lowest BCUT2D eigenvalue weighted by Gasteiger charge is -2.14. The van der Waals surface area contributed by atoms with Crippen LogP contribution in [0.15, 0.2) is 30.3 Å². The van der Waals surface area contributed by atoms with Crippen molar-refractivity contribution in [2.24, 2.45) is 0 Å². The standard InChI is InChI=1S/C33H59N2/c1-3-5-7-9-11-13-15-17-19-24-28-34-30-31-35(33(34)32-26-22-21-23-27-32)29-25-20-18-16-14-12-10-8-6-4-2/h21-23,26-27H,3-20,24-25,28-31H2,1-2H3/q+1. The Morgan fingerprint density at radius 1 is 0.571 bits per heavy atom. The lowest BCUT2D eigenvalue weighted by molar-refractivity contribution is -0.518. The van der Waals surface area contributed by atoms with E-state index in [1.165, 1.54) is 166 Å². The van der Waals surface area contributed by atoms with Crippen molar-refractivity contribution in [3.8, 4) is 0 Å². The maximum Gasteiger partial charge on any atom is 0.279 e. The molecule has 0 saturated carbocycles.